The van der Waals surface area contributed by atoms with Gasteiger partial charge in [0, 0.05) is 11.8 Å². The van der Waals surface area contributed by atoms with Gasteiger partial charge in [-0.3, -0.25) is 9.59 Å². The van der Waals surface area contributed by atoms with Gasteiger partial charge in [0.15, 0.2) is 5.78 Å². The molecule has 0 aromatic carbocycles. The van der Waals surface area contributed by atoms with Gasteiger partial charge in [-0.15, -0.1) is 0 Å². The van der Waals surface area contributed by atoms with Crippen molar-refractivity contribution < 1.29 is 9.59 Å². The fraction of sp³-hybridized carbons (Fsp3) is 0.833. The molecule has 0 radical (unpaired) electrons. The van der Waals surface area contributed by atoms with E-state index in [1.165, 1.54) is 0 Å². The first-order valence-corrected chi connectivity index (χ1v) is 5.57. The smallest absolute Gasteiger partial charge is 0.220 e. The molecule has 0 aromatic rings. The van der Waals surface area contributed by atoms with Gasteiger partial charge in [-0.05, 0) is 5.92 Å². The molecule has 0 aliphatic rings. The molecule has 0 heterocycles. The zero-order valence-electron chi connectivity index (χ0n) is 10.5. The van der Waals surface area contributed by atoms with E-state index in [1.807, 2.05) is 27.7 Å². The molecule has 1 unspecified atom stereocenters. The molecule has 0 bridgehead atoms. The summed E-state index contributed by atoms with van der Waals surface area (Å²) in [5.74, 6) is 0.427. The highest BCUT2D eigenvalue weighted by atomic mass is 16.2. The molecule has 1 atom stereocenters. The predicted octanol–water partition coefficient (Wildman–Crippen LogP) is 2.15. The number of carbonyl (C=O) groups excluding carboxylic acids is 2. The summed E-state index contributed by atoms with van der Waals surface area (Å²) in [7, 11) is 0. The van der Waals surface area contributed by atoms with E-state index in [0.717, 1.165) is 6.42 Å². The third kappa shape index (κ3) is 6.26. The highest BCUT2D eigenvalue weighted by Crippen LogP contribution is 2.13. The van der Waals surface area contributed by atoms with Crippen molar-refractivity contribution in [1.29, 1.82) is 0 Å². The molecule has 88 valence electrons. The summed E-state index contributed by atoms with van der Waals surface area (Å²) in [5, 5.41) is 2.67. The van der Waals surface area contributed by atoms with Gasteiger partial charge < -0.3 is 5.32 Å². The van der Waals surface area contributed by atoms with Crippen molar-refractivity contribution >= 4 is 11.7 Å². The van der Waals surface area contributed by atoms with E-state index in [9.17, 15) is 9.59 Å². The van der Waals surface area contributed by atoms with Crippen molar-refractivity contribution in [3.8, 4) is 0 Å². The van der Waals surface area contributed by atoms with E-state index >= 15 is 0 Å². The van der Waals surface area contributed by atoms with Crippen LogP contribution in [0.25, 0.3) is 0 Å². The van der Waals surface area contributed by atoms with Crippen molar-refractivity contribution in [2.24, 2.45) is 11.3 Å². The largest absolute Gasteiger partial charge is 0.349 e. The van der Waals surface area contributed by atoms with Crippen LogP contribution in [0.4, 0.5) is 0 Å². The van der Waals surface area contributed by atoms with Crippen LogP contribution < -0.4 is 5.32 Å². The number of carbonyl (C=O) groups is 2. The van der Waals surface area contributed by atoms with Gasteiger partial charge in [-0.25, -0.2) is 0 Å². The number of hydrogen-bond donors (Lipinski definition) is 1. The molecule has 0 saturated carbocycles. The maximum Gasteiger partial charge on any atom is 0.220 e. The van der Waals surface area contributed by atoms with E-state index < -0.39 is 0 Å². The second kappa shape index (κ2) is 5.89. The summed E-state index contributed by atoms with van der Waals surface area (Å²) in [5.41, 5.74) is -0.371. The van der Waals surface area contributed by atoms with Gasteiger partial charge in [0.1, 0.15) is 0 Å². The fourth-order valence-electron chi connectivity index (χ4n) is 0.977. The average molecular weight is 213 g/mol. The van der Waals surface area contributed by atoms with E-state index in [0.29, 0.717) is 12.3 Å². The second-order valence-corrected chi connectivity index (χ2v) is 5.17. The Labute approximate surface area is 92.6 Å². The first-order valence-electron chi connectivity index (χ1n) is 5.57. The second-order valence-electron chi connectivity index (χ2n) is 5.17. The number of rotatable bonds is 5. The zero-order chi connectivity index (χ0) is 12.1. The molecule has 3 nitrogen and oxygen atoms in total. The van der Waals surface area contributed by atoms with Crippen LogP contribution in [0, 0.1) is 11.3 Å². The van der Waals surface area contributed by atoms with Gasteiger partial charge in [-0.1, -0.05) is 41.0 Å². The van der Waals surface area contributed by atoms with Crippen molar-refractivity contribution in [2.75, 3.05) is 6.54 Å². The lowest BCUT2D eigenvalue weighted by atomic mass is 9.91. The van der Waals surface area contributed by atoms with Crippen molar-refractivity contribution in [3.63, 3.8) is 0 Å². The Morgan fingerprint density at radius 2 is 1.80 bits per heavy atom. The van der Waals surface area contributed by atoms with Crippen molar-refractivity contribution in [1.82, 2.24) is 5.32 Å². The van der Waals surface area contributed by atoms with Gasteiger partial charge in [0.2, 0.25) is 5.91 Å². The quantitative estimate of drug-likeness (QED) is 0.760. The van der Waals surface area contributed by atoms with E-state index in [-0.39, 0.29) is 23.7 Å². The third-order valence-corrected chi connectivity index (χ3v) is 2.51. The zero-order valence-corrected chi connectivity index (χ0v) is 10.5. The molecule has 0 spiro atoms. The average Bonchev–Trinajstić information content (AvgIpc) is 2.12. The summed E-state index contributed by atoms with van der Waals surface area (Å²) in [6, 6.07) is 0. The van der Waals surface area contributed by atoms with Crippen LogP contribution in [0.5, 0.6) is 0 Å². The number of ketones is 1. The molecular weight excluding hydrogens is 190 g/mol. The van der Waals surface area contributed by atoms with Crippen molar-refractivity contribution in [3.05, 3.63) is 0 Å². The van der Waals surface area contributed by atoms with Gasteiger partial charge in [-0.2, -0.15) is 0 Å². The van der Waals surface area contributed by atoms with Crippen LogP contribution >= 0.6 is 0 Å². The minimum Gasteiger partial charge on any atom is -0.349 e. The van der Waals surface area contributed by atoms with Crippen LogP contribution in [-0.2, 0) is 9.59 Å². The van der Waals surface area contributed by atoms with Gasteiger partial charge in [0.25, 0.3) is 0 Å². The minimum atomic E-state index is -0.371. The molecule has 0 aromatic heterocycles. The fourth-order valence-corrected chi connectivity index (χ4v) is 0.977. The van der Waals surface area contributed by atoms with Crippen LogP contribution in [0.2, 0.25) is 0 Å². The molecule has 3 heteroatoms. The Kier molecular flexibility index (Phi) is 5.55. The lowest BCUT2D eigenvalue weighted by Gasteiger charge is -2.17. The highest BCUT2D eigenvalue weighted by Gasteiger charge is 2.21. The first-order chi connectivity index (χ1) is 6.77. The van der Waals surface area contributed by atoms with E-state index in [4.69, 9.17) is 0 Å². The summed E-state index contributed by atoms with van der Waals surface area (Å²) in [4.78, 5) is 22.9. The Hall–Kier alpha value is -0.860. The Morgan fingerprint density at radius 3 is 2.20 bits per heavy atom. The summed E-state index contributed by atoms with van der Waals surface area (Å²) in [6.07, 6.45) is 1.49. The SMILES string of the molecule is CCC(C)CC(=O)NCC(=O)C(C)(C)C. The van der Waals surface area contributed by atoms with Crippen LogP contribution in [0.3, 0.4) is 0 Å². The van der Waals surface area contributed by atoms with E-state index in [2.05, 4.69) is 12.2 Å². The predicted molar refractivity (Wildman–Crippen MR) is 61.5 cm³/mol. The maximum absolute atomic E-state index is 11.5. The molecular formula is C12H23NO2. The Morgan fingerprint density at radius 1 is 1.27 bits per heavy atom. The molecule has 15 heavy (non-hydrogen) atoms. The molecule has 0 saturated heterocycles. The number of hydrogen-bond acceptors (Lipinski definition) is 2. The molecule has 0 aliphatic heterocycles. The van der Waals surface area contributed by atoms with Gasteiger partial charge in [0.05, 0.1) is 6.54 Å². The third-order valence-electron chi connectivity index (χ3n) is 2.51. The number of Topliss-reactive ketones (excluding diaryl/α,β-unsaturated/α-hetero) is 1. The topological polar surface area (TPSA) is 46.2 Å². The standard InChI is InChI=1S/C12H23NO2/c1-6-9(2)7-11(15)13-8-10(14)12(3,4)5/h9H,6-8H2,1-5H3,(H,13,15). The molecule has 1 amide bonds. The summed E-state index contributed by atoms with van der Waals surface area (Å²) in [6.45, 7) is 9.81. The molecule has 0 fully saturated rings. The van der Waals surface area contributed by atoms with Crippen molar-refractivity contribution in [2.45, 2.75) is 47.5 Å². The van der Waals surface area contributed by atoms with Crippen LogP contribution in [0.1, 0.15) is 47.5 Å². The summed E-state index contributed by atoms with van der Waals surface area (Å²) >= 11 is 0. The van der Waals surface area contributed by atoms with Gasteiger partial charge >= 0.3 is 0 Å². The minimum absolute atomic E-state index is 0.0260. The first kappa shape index (κ1) is 14.1. The van der Waals surface area contributed by atoms with Crippen LogP contribution in [-0.4, -0.2) is 18.2 Å². The maximum atomic E-state index is 11.5. The molecule has 1 N–H and O–H groups in total. The lowest BCUT2D eigenvalue weighted by Crippen LogP contribution is -2.35. The number of amides is 1. The number of nitrogens with one attached hydrogen (secondary N) is 1. The Bertz CT molecular complexity index is 228. The molecule has 0 rings (SSSR count). The molecule has 0 aliphatic carbocycles. The summed E-state index contributed by atoms with van der Waals surface area (Å²) < 4.78 is 0. The van der Waals surface area contributed by atoms with E-state index in [1.54, 1.807) is 0 Å². The monoisotopic (exact) mass is 213 g/mol. The lowest BCUT2D eigenvalue weighted by molar-refractivity contribution is -0.129. The van der Waals surface area contributed by atoms with Crippen LogP contribution in [0.15, 0.2) is 0 Å². The highest BCUT2D eigenvalue weighted by molar-refractivity contribution is 5.89. The normalized spacial score (nSPS) is 13.4. The Balaban J connectivity index is 3.87.